The van der Waals surface area contributed by atoms with Gasteiger partial charge in [-0.25, -0.2) is 14.4 Å². The molecular weight excluding hydrogens is 413 g/mol. The Morgan fingerprint density at radius 2 is 1.97 bits per heavy atom. The van der Waals surface area contributed by atoms with Gasteiger partial charge in [-0.05, 0) is 61.0 Å². The number of nitrogens with zero attached hydrogens (tertiary/aromatic N) is 5. The molecule has 1 aliphatic carbocycles. The molecule has 4 aromatic rings. The number of benzene rings is 1. The van der Waals surface area contributed by atoms with Crippen LogP contribution in [0.4, 0.5) is 4.39 Å². The summed E-state index contributed by atoms with van der Waals surface area (Å²) in [5.74, 6) is 2.24. The molecule has 1 aromatic carbocycles. The minimum Gasteiger partial charge on any atom is -0.467 e. The zero-order valence-corrected chi connectivity index (χ0v) is 16.7. The predicted molar refractivity (Wildman–Crippen MR) is 106 cm³/mol. The van der Waals surface area contributed by atoms with Crippen molar-refractivity contribution in [1.29, 1.82) is 0 Å². The fourth-order valence-electron chi connectivity index (χ4n) is 2.96. The molecule has 6 nitrogen and oxygen atoms in total. The molecule has 9 heteroatoms. The summed E-state index contributed by atoms with van der Waals surface area (Å²) >= 11 is 7.57. The van der Waals surface area contributed by atoms with Gasteiger partial charge in [0.05, 0.1) is 12.8 Å². The Balaban J connectivity index is 1.53. The van der Waals surface area contributed by atoms with E-state index in [2.05, 4.69) is 20.2 Å². The number of hydrogen-bond acceptors (Lipinski definition) is 6. The van der Waals surface area contributed by atoms with Crippen LogP contribution in [0.1, 0.15) is 30.3 Å². The third-order valence-electron chi connectivity index (χ3n) is 4.54. The largest absolute Gasteiger partial charge is 0.467 e. The number of hydrogen-bond donors (Lipinski definition) is 0. The van der Waals surface area contributed by atoms with Gasteiger partial charge >= 0.3 is 0 Å². The highest BCUT2D eigenvalue weighted by Crippen LogP contribution is 2.39. The Morgan fingerprint density at radius 3 is 2.69 bits per heavy atom. The van der Waals surface area contributed by atoms with Crippen molar-refractivity contribution in [3.8, 4) is 11.4 Å². The van der Waals surface area contributed by atoms with E-state index in [4.69, 9.17) is 16.0 Å². The number of furan rings is 1. The van der Waals surface area contributed by atoms with Gasteiger partial charge in [-0.1, -0.05) is 11.6 Å². The van der Waals surface area contributed by atoms with Crippen molar-refractivity contribution in [3.05, 3.63) is 71.3 Å². The topological polar surface area (TPSA) is 69.6 Å². The van der Waals surface area contributed by atoms with E-state index in [9.17, 15) is 4.39 Å². The van der Waals surface area contributed by atoms with E-state index in [1.165, 1.54) is 23.9 Å². The van der Waals surface area contributed by atoms with Crippen molar-refractivity contribution in [2.75, 3.05) is 0 Å². The van der Waals surface area contributed by atoms with Crippen LogP contribution in [0.3, 0.4) is 0 Å². The molecule has 1 aliphatic rings. The Hall–Kier alpha value is -2.71. The molecule has 0 unspecified atom stereocenters. The first-order valence-electron chi connectivity index (χ1n) is 9.09. The van der Waals surface area contributed by atoms with Crippen molar-refractivity contribution in [1.82, 2.24) is 24.7 Å². The third kappa shape index (κ3) is 4.04. The van der Waals surface area contributed by atoms with Gasteiger partial charge < -0.3 is 4.42 Å². The standard InChI is InChI=1S/C20H15ClFN5OS/c21-16-10-17(24-18(23-16)12-3-4-12)29-20-26-25-19(13-5-7-14(22)8-6-13)27(20)11-15-2-1-9-28-15/h1-2,5-10,12H,3-4,11H2. The van der Waals surface area contributed by atoms with E-state index in [1.54, 1.807) is 24.5 Å². The molecule has 3 aromatic heterocycles. The maximum absolute atomic E-state index is 13.4. The highest BCUT2D eigenvalue weighted by Gasteiger charge is 2.27. The first-order valence-corrected chi connectivity index (χ1v) is 10.3. The van der Waals surface area contributed by atoms with Crippen LogP contribution in [0.2, 0.25) is 5.15 Å². The normalized spacial score (nSPS) is 13.7. The van der Waals surface area contributed by atoms with E-state index >= 15 is 0 Å². The van der Waals surface area contributed by atoms with Crippen LogP contribution >= 0.6 is 23.4 Å². The van der Waals surface area contributed by atoms with Crippen LogP contribution in [-0.2, 0) is 6.54 Å². The minimum atomic E-state index is -0.302. The average Bonchev–Trinajstić information content (AvgIpc) is 3.31. The van der Waals surface area contributed by atoms with Gasteiger partial charge in [0.15, 0.2) is 11.0 Å². The maximum Gasteiger partial charge on any atom is 0.198 e. The highest BCUT2D eigenvalue weighted by atomic mass is 35.5. The maximum atomic E-state index is 13.4. The van der Waals surface area contributed by atoms with Gasteiger partial charge in [0.25, 0.3) is 0 Å². The number of halogens is 2. The summed E-state index contributed by atoms with van der Waals surface area (Å²) in [6, 6.07) is 11.6. The van der Waals surface area contributed by atoms with Crippen LogP contribution in [-0.4, -0.2) is 24.7 Å². The Morgan fingerprint density at radius 1 is 1.14 bits per heavy atom. The predicted octanol–water partition coefficient (Wildman–Crippen LogP) is 5.20. The Bertz CT molecular complexity index is 1140. The zero-order chi connectivity index (χ0) is 19.8. The average molecular weight is 428 g/mol. The second-order valence-corrected chi connectivity index (χ2v) is 8.12. The molecule has 0 saturated heterocycles. The van der Waals surface area contributed by atoms with Gasteiger partial charge in [-0.2, -0.15) is 0 Å². The lowest BCUT2D eigenvalue weighted by atomic mass is 10.2. The molecule has 0 spiro atoms. The summed E-state index contributed by atoms with van der Waals surface area (Å²) in [7, 11) is 0. The van der Waals surface area contributed by atoms with Crippen molar-refractivity contribution < 1.29 is 8.81 Å². The Labute approximate surface area is 175 Å². The lowest BCUT2D eigenvalue weighted by Gasteiger charge is -2.09. The molecule has 1 fully saturated rings. The van der Waals surface area contributed by atoms with Crippen LogP contribution < -0.4 is 0 Å². The van der Waals surface area contributed by atoms with Crippen LogP contribution in [0.5, 0.6) is 0 Å². The molecular formula is C20H15ClFN5OS. The van der Waals surface area contributed by atoms with Crippen LogP contribution in [0.25, 0.3) is 11.4 Å². The van der Waals surface area contributed by atoms with Crippen molar-refractivity contribution in [2.24, 2.45) is 0 Å². The number of aromatic nitrogens is 5. The summed E-state index contributed by atoms with van der Waals surface area (Å²) in [6.45, 7) is 0.434. The fraction of sp³-hybridized carbons (Fsp3) is 0.200. The van der Waals surface area contributed by atoms with E-state index in [0.717, 1.165) is 30.0 Å². The monoisotopic (exact) mass is 427 g/mol. The summed E-state index contributed by atoms with van der Waals surface area (Å²) in [5.41, 5.74) is 0.761. The van der Waals surface area contributed by atoms with Gasteiger partial charge in [0.1, 0.15) is 27.6 Å². The van der Waals surface area contributed by atoms with E-state index in [1.807, 2.05) is 16.7 Å². The molecule has 3 heterocycles. The fourth-order valence-corrected chi connectivity index (χ4v) is 4.06. The van der Waals surface area contributed by atoms with E-state index in [0.29, 0.717) is 33.6 Å². The summed E-state index contributed by atoms with van der Waals surface area (Å²) in [5, 5.41) is 10.5. The van der Waals surface area contributed by atoms with Crippen molar-refractivity contribution >= 4 is 23.4 Å². The summed E-state index contributed by atoms with van der Waals surface area (Å²) < 4.78 is 20.8. The third-order valence-corrected chi connectivity index (χ3v) is 5.64. The minimum absolute atomic E-state index is 0.302. The SMILES string of the molecule is Fc1ccc(-c2nnc(Sc3cc(Cl)nc(C4CC4)n3)n2Cc2ccco2)cc1. The molecule has 0 radical (unpaired) electrons. The second-order valence-electron chi connectivity index (χ2n) is 6.74. The number of rotatable bonds is 6. The molecule has 0 bridgehead atoms. The van der Waals surface area contributed by atoms with Gasteiger partial charge in [0, 0.05) is 17.5 Å². The summed E-state index contributed by atoms with van der Waals surface area (Å²) in [6.07, 6.45) is 3.80. The molecule has 0 amide bonds. The quantitative estimate of drug-likeness (QED) is 0.394. The molecule has 0 atom stereocenters. The van der Waals surface area contributed by atoms with Crippen LogP contribution in [0, 0.1) is 5.82 Å². The second kappa shape index (κ2) is 7.61. The van der Waals surface area contributed by atoms with Gasteiger partial charge in [-0.3, -0.25) is 4.57 Å². The first-order chi connectivity index (χ1) is 14.2. The lowest BCUT2D eigenvalue weighted by Crippen LogP contribution is -2.04. The van der Waals surface area contributed by atoms with Crippen molar-refractivity contribution in [3.63, 3.8) is 0 Å². The molecule has 29 heavy (non-hydrogen) atoms. The van der Waals surface area contributed by atoms with E-state index < -0.39 is 0 Å². The molecule has 0 aliphatic heterocycles. The van der Waals surface area contributed by atoms with E-state index in [-0.39, 0.29) is 5.82 Å². The smallest absolute Gasteiger partial charge is 0.198 e. The molecule has 5 rings (SSSR count). The molecule has 1 saturated carbocycles. The lowest BCUT2D eigenvalue weighted by molar-refractivity contribution is 0.485. The van der Waals surface area contributed by atoms with Crippen LogP contribution in [0.15, 0.2) is 63.3 Å². The molecule has 146 valence electrons. The first kappa shape index (κ1) is 18.3. The van der Waals surface area contributed by atoms with Crippen molar-refractivity contribution in [2.45, 2.75) is 35.5 Å². The highest BCUT2D eigenvalue weighted by molar-refractivity contribution is 7.99. The zero-order valence-electron chi connectivity index (χ0n) is 15.1. The van der Waals surface area contributed by atoms with Gasteiger partial charge in [-0.15, -0.1) is 10.2 Å². The van der Waals surface area contributed by atoms with Gasteiger partial charge in [0.2, 0.25) is 0 Å². The summed E-state index contributed by atoms with van der Waals surface area (Å²) in [4.78, 5) is 8.97. The molecule has 0 N–H and O–H groups in total. The Kier molecular flexibility index (Phi) is 4.81.